The largest absolute Gasteiger partial charge is 0.480 e. The Morgan fingerprint density at radius 3 is 2.29 bits per heavy atom. The minimum absolute atomic E-state index is 0.0366. The molecule has 3 amide bonds. The molecule has 3 atom stereocenters. The van der Waals surface area contributed by atoms with Crippen molar-refractivity contribution in [3.63, 3.8) is 0 Å². The molecule has 2 rings (SSSR count). The number of nitrogens with zero attached hydrogens (tertiary/aromatic N) is 1. The second kappa shape index (κ2) is 11.5. The lowest BCUT2D eigenvalue weighted by atomic mass is 10.0. The number of nitrogens with one attached hydrogen (secondary N) is 3. The van der Waals surface area contributed by atoms with E-state index >= 15 is 0 Å². The standard InChI is InChI=1S/C20H26N6O5/c21-14(8-12-4-2-1-3-5-12)18(28)25-15(6-7-17(22)27)19(29)26-16(20(30)31)9-13-10-23-11-24-13/h1-5,10-11,14-16H,6-9,21H2,(H2,22,27)(H,23,24)(H,25,28)(H,26,29)(H,30,31)/t14-,15-,16-/m0/s1. The van der Waals surface area contributed by atoms with Crippen molar-refractivity contribution in [2.24, 2.45) is 11.5 Å². The van der Waals surface area contributed by atoms with E-state index in [2.05, 4.69) is 20.6 Å². The number of hydrogen-bond donors (Lipinski definition) is 6. The number of aromatic amines is 1. The van der Waals surface area contributed by atoms with Gasteiger partial charge in [0.1, 0.15) is 12.1 Å². The first-order chi connectivity index (χ1) is 14.8. The second-order valence-electron chi connectivity index (χ2n) is 7.04. The molecule has 166 valence electrons. The number of carboxylic acids is 1. The average molecular weight is 430 g/mol. The molecule has 0 aliphatic heterocycles. The van der Waals surface area contributed by atoms with Crippen molar-refractivity contribution in [3.05, 3.63) is 54.1 Å². The molecule has 0 saturated heterocycles. The molecule has 0 aliphatic carbocycles. The minimum Gasteiger partial charge on any atom is -0.480 e. The number of primary amides is 1. The molecule has 11 nitrogen and oxygen atoms in total. The normalized spacial score (nSPS) is 13.6. The minimum atomic E-state index is -1.26. The van der Waals surface area contributed by atoms with E-state index in [0.29, 0.717) is 5.69 Å². The number of aromatic nitrogens is 2. The predicted molar refractivity (Wildman–Crippen MR) is 110 cm³/mol. The first-order valence-electron chi connectivity index (χ1n) is 9.65. The van der Waals surface area contributed by atoms with E-state index in [0.717, 1.165) is 5.56 Å². The Hall–Kier alpha value is -3.73. The number of amides is 3. The Labute approximate surface area is 178 Å². The molecular weight excluding hydrogens is 404 g/mol. The van der Waals surface area contributed by atoms with Crippen LogP contribution in [0, 0.1) is 0 Å². The van der Waals surface area contributed by atoms with Crippen LogP contribution < -0.4 is 22.1 Å². The number of aliphatic carboxylic acids is 1. The maximum Gasteiger partial charge on any atom is 0.326 e. The Morgan fingerprint density at radius 1 is 1.03 bits per heavy atom. The molecule has 11 heteroatoms. The Kier molecular flexibility index (Phi) is 8.70. The van der Waals surface area contributed by atoms with Gasteiger partial charge in [0.25, 0.3) is 0 Å². The SMILES string of the molecule is NC(=O)CC[C@H](NC(=O)[C@@H](N)Cc1ccccc1)C(=O)N[C@@H](Cc1cnc[nH]1)C(=O)O. The molecule has 0 bridgehead atoms. The number of H-pyrrole nitrogens is 1. The molecule has 0 radical (unpaired) electrons. The van der Waals surface area contributed by atoms with Gasteiger partial charge in [0, 0.05) is 24.7 Å². The Bertz CT molecular complexity index is 887. The van der Waals surface area contributed by atoms with Crippen LogP contribution in [-0.4, -0.2) is 56.9 Å². The summed E-state index contributed by atoms with van der Waals surface area (Å²) in [5, 5.41) is 14.3. The van der Waals surface area contributed by atoms with Gasteiger partial charge in [-0.25, -0.2) is 9.78 Å². The summed E-state index contributed by atoms with van der Waals surface area (Å²) in [4.78, 5) is 54.5. The van der Waals surface area contributed by atoms with E-state index in [4.69, 9.17) is 11.5 Å². The number of imidazole rings is 1. The number of hydrogen-bond acceptors (Lipinski definition) is 6. The lowest BCUT2D eigenvalue weighted by Crippen LogP contribution is -2.55. The third kappa shape index (κ3) is 7.90. The van der Waals surface area contributed by atoms with Gasteiger partial charge in [-0.05, 0) is 18.4 Å². The zero-order valence-electron chi connectivity index (χ0n) is 16.8. The zero-order chi connectivity index (χ0) is 22.8. The number of rotatable bonds is 12. The van der Waals surface area contributed by atoms with Gasteiger partial charge >= 0.3 is 5.97 Å². The molecule has 1 aromatic heterocycles. The van der Waals surface area contributed by atoms with Crippen molar-refractivity contribution < 1.29 is 24.3 Å². The summed E-state index contributed by atoms with van der Waals surface area (Å²) in [6.45, 7) is 0. The van der Waals surface area contributed by atoms with Crippen molar-refractivity contribution in [3.8, 4) is 0 Å². The highest BCUT2D eigenvalue weighted by Gasteiger charge is 2.28. The van der Waals surface area contributed by atoms with Crippen LogP contribution in [0.4, 0.5) is 0 Å². The fourth-order valence-corrected chi connectivity index (χ4v) is 2.88. The Morgan fingerprint density at radius 2 is 1.71 bits per heavy atom. The Balaban J connectivity index is 2.04. The lowest BCUT2D eigenvalue weighted by molar-refractivity contribution is -0.142. The summed E-state index contributed by atoms with van der Waals surface area (Å²) >= 11 is 0. The molecule has 0 saturated carbocycles. The zero-order valence-corrected chi connectivity index (χ0v) is 16.8. The molecule has 31 heavy (non-hydrogen) atoms. The van der Waals surface area contributed by atoms with Crippen LogP contribution in [0.5, 0.6) is 0 Å². The van der Waals surface area contributed by atoms with Gasteiger partial charge < -0.3 is 32.2 Å². The van der Waals surface area contributed by atoms with Crippen LogP contribution in [-0.2, 0) is 32.0 Å². The van der Waals surface area contributed by atoms with Crippen LogP contribution in [0.15, 0.2) is 42.9 Å². The highest BCUT2D eigenvalue weighted by molar-refractivity contribution is 5.92. The molecule has 0 spiro atoms. The maximum atomic E-state index is 12.7. The third-order valence-corrected chi connectivity index (χ3v) is 4.54. The molecule has 1 aromatic carbocycles. The van der Waals surface area contributed by atoms with Crippen LogP contribution in [0.1, 0.15) is 24.1 Å². The predicted octanol–water partition coefficient (Wildman–Crippen LogP) is -1.16. The molecular formula is C20H26N6O5. The van der Waals surface area contributed by atoms with Crippen molar-refractivity contribution in [2.45, 2.75) is 43.8 Å². The fraction of sp³-hybridized carbons (Fsp3) is 0.350. The van der Waals surface area contributed by atoms with Gasteiger partial charge in [-0.3, -0.25) is 14.4 Å². The molecule has 8 N–H and O–H groups in total. The van der Waals surface area contributed by atoms with Crippen molar-refractivity contribution in [1.82, 2.24) is 20.6 Å². The summed E-state index contributed by atoms with van der Waals surface area (Å²) in [6.07, 6.45) is 2.77. The summed E-state index contributed by atoms with van der Waals surface area (Å²) < 4.78 is 0. The topological polar surface area (TPSA) is 193 Å². The highest BCUT2D eigenvalue weighted by Crippen LogP contribution is 2.05. The second-order valence-corrected chi connectivity index (χ2v) is 7.04. The number of carboxylic acid groups (broad SMARTS) is 1. The van der Waals surface area contributed by atoms with E-state index in [1.165, 1.54) is 12.5 Å². The first kappa shape index (κ1) is 23.5. The quantitative estimate of drug-likeness (QED) is 0.244. The fourth-order valence-electron chi connectivity index (χ4n) is 2.88. The smallest absolute Gasteiger partial charge is 0.326 e. The monoisotopic (exact) mass is 430 g/mol. The number of carbonyl (C=O) groups is 4. The molecule has 0 fully saturated rings. The molecule has 0 unspecified atom stereocenters. The van der Waals surface area contributed by atoms with Gasteiger partial charge in [0.05, 0.1) is 12.4 Å². The number of nitrogens with two attached hydrogens (primary N) is 2. The first-order valence-corrected chi connectivity index (χ1v) is 9.65. The molecule has 2 aromatic rings. The van der Waals surface area contributed by atoms with Gasteiger partial charge in [0.2, 0.25) is 17.7 Å². The van der Waals surface area contributed by atoms with Crippen LogP contribution in [0.3, 0.4) is 0 Å². The third-order valence-electron chi connectivity index (χ3n) is 4.54. The van der Waals surface area contributed by atoms with Gasteiger partial charge in [0.15, 0.2) is 0 Å². The number of benzene rings is 1. The van der Waals surface area contributed by atoms with E-state index in [9.17, 15) is 24.3 Å². The summed E-state index contributed by atoms with van der Waals surface area (Å²) in [5.74, 6) is -3.28. The highest BCUT2D eigenvalue weighted by atomic mass is 16.4. The molecule has 0 aliphatic rings. The van der Waals surface area contributed by atoms with Crippen molar-refractivity contribution >= 4 is 23.7 Å². The van der Waals surface area contributed by atoms with E-state index in [1.807, 2.05) is 30.3 Å². The van der Waals surface area contributed by atoms with Crippen LogP contribution in [0.25, 0.3) is 0 Å². The van der Waals surface area contributed by atoms with E-state index in [1.54, 1.807) is 0 Å². The van der Waals surface area contributed by atoms with E-state index < -0.39 is 41.8 Å². The van der Waals surface area contributed by atoms with Gasteiger partial charge in [-0.2, -0.15) is 0 Å². The van der Waals surface area contributed by atoms with Crippen LogP contribution >= 0.6 is 0 Å². The summed E-state index contributed by atoms with van der Waals surface area (Å²) in [6, 6.07) is 5.72. The average Bonchev–Trinajstić information content (AvgIpc) is 3.24. The van der Waals surface area contributed by atoms with E-state index in [-0.39, 0.29) is 25.7 Å². The van der Waals surface area contributed by atoms with Gasteiger partial charge in [-0.15, -0.1) is 0 Å². The van der Waals surface area contributed by atoms with Crippen LogP contribution in [0.2, 0.25) is 0 Å². The maximum absolute atomic E-state index is 12.7. The van der Waals surface area contributed by atoms with Gasteiger partial charge in [-0.1, -0.05) is 30.3 Å². The lowest BCUT2D eigenvalue weighted by Gasteiger charge is -2.22. The molecule has 1 heterocycles. The summed E-state index contributed by atoms with van der Waals surface area (Å²) in [5.41, 5.74) is 12.5. The summed E-state index contributed by atoms with van der Waals surface area (Å²) in [7, 11) is 0. The van der Waals surface area contributed by atoms with Crippen molar-refractivity contribution in [1.29, 1.82) is 0 Å². The van der Waals surface area contributed by atoms with Crippen molar-refractivity contribution in [2.75, 3.05) is 0 Å². The number of carbonyl (C=O) groups excluding carboxylic acids is 3.